The Morgan fingerprint density at radius 3 is 2.42 bits per heavy atom. The number of anilines is 1. The number of rotatable bonds is 1. The standard InChI is InChI=1S/C18H14Cl2N4/c1-24-5-4-11-12(7-21)18(23)13(8-22)17(14(11)9-24)10-2-3-15(19)16(20)6-10/h2-3,6H,4-5,9,23H2,1H3. The quantitative estimate of drug-likeness (QED) is 0.784. The number of nitrogen functional groups attached to an aromatic ring is 1. The van der Waals surface area contributed by atoms with E-state index in [4.69, 9.17) is 28.9 Å². The van der Waals surface area contributed by atoms with E-state index >= 15 is 0 Å². The molecule has 1 aliphatic rings. The van der Waals surface area contributed by atoms with Gasteiger partial charge < -0.3 is 10.6 Å². The molecule has 0 atom stereocenters. The SMILES string of the molecule is CN1CCc2c(C#N)c(N)c(C#N)c(-c3ccc(Cl)c(Cl)c3)c2C1. The first-order chi connectivity index (χ1) is 11.5. The highest BCUT2D eigenvalue weighted by Gasteiger charge is 2.27. The zero-order chi connectivity index (χ0) is 17.4. The topological polar surface area (TPSA) is 76.8 Å². The first-order valence-electron chi connectivity index (χ1n) is 7.39. The van der Waals surface area contributed by atoms with Gasteiger partial charge in [0, 0.05) is 18.7 Å². The van der Waals surface area contributed by atoms with E-state index in [0.29, 0.717) is 27.7 Å². The van der Waals surface area contributed by atoms with E-state index < -0.39 is 0 Å². The second-order valence-corrected chi connectivity index (χ2v) is 6.65. The predicted molar refractivity (Wildman–Crippen MR) is 95.8 cm³/mol. The fraction of sp³-hybridized carbons (Fsp3) is 0.222. The number of nitriles is 2. The maximum atomic E-state index is 9.66. The van der Waals surface area contributed by atoms with Crippen LogP contribution in [0.2, 0.25) is 10.0 Å². The molecule has 3 rings (SSSR count). The molecule has 1 aliphatic heterocycles. The average molecular weight is 357 g/mol. The lowest BCUT2D eigenvalue weighted by Gasteiger charge is -2.29. The molecule has 2 aromatic rings. The second-order valence-electron chi connectivity index (χ2n) is 5.84. The number of likely N-dealkylation sites (N-methyl/N-ethyl adjacent to an activating group) is 1. The van der Waals surface area contributed by atoms with Crippen LogP contribution in [0.15, 0.2) is 18.2 Å². The van der Waals surface area contributed by atoms with Crippen LogP contribution in [0.1, 0.15) is 22.3 Å². The first-order valence-corrected chi connectivity index (χ1v) is 8.14. The molecular weight excluding hydrogens is 343 g/mol. The molecule has 0 unspecified atom stereocenters. The summed E-state index contributed by atoms with van der Waals surface area (Å²) in [6, 6.07) is 9.60. The summed E-state index contributed by atoms with van der Waals surface area (Å²) in [6.07, 6.45) is 0.721. The zero-order valence-electron chi connectivity index (χ0n) is 13.0. The van der Waals surface area contributed by atoms with Crippen LogP contribution in [-0.2, 0) is 13.0 Å². The van der Waals surface area contributed by atoms with Gasteiger partial charge in [0.25, 0.3) is 0 Å². The van der Waals surface area contributed by atoms with E-state index in [-0.39, 0.29) is 5.69 Å². The van der Waals surface area contributed by atoms with Gasteiger partial charge in [-0.25, -0.2) is 0 Å². The van der Waals surface area contributed by atoms with Crippen molar-refractivity contribution in [1.29, 1.82) is 10.5 Å². The smallest absolute Gasteiger partial charge is 0.102 e. The highest BCUT2D eigenvalue weighted by Crippen LogP contribution is 2.40. The highest BCUT2D eigenvalue weighted by atomic mass is 35.5. The molecule has 0 saturated heterocycles. The summed E-state index contributed by atoms with van der Waals surface area (Å²) in [5, 5.41) is 20.0. The van der Waals surface area contributed by atoms with Crippen molar-refractivity contribution in [1.82, 2.24) is 4.90 Å². The van der Waals surface area contributed by atoms with Gasteiger partial charge in [-0.15, -0.1) is 0 Å². The third kappa shape index (κ3) is 2.60. The molecule has 0 radical (unpaired) electrons. The lowest BCUT2D eigenvalue weighted by atomic mass is 9.84. The molecule has 24 heavy (non-hydrogen) atoms. The highest BCUT2D eigenvalue weighted by molar-refractivity contribution is 6.42. The summed E-state index contributed by atoms with van der Waals surface area (Å²) in [7, 11) is 2.01. The molecule has 6 heteroatoms. The number of halogens is 2. The summed E-state index contributed by atoms with van der Waals surface area (Å²) < 4.78 is 0. The molecule has 0 spiro atoms. The van der Waals surface area contributed by atoms with Crippen LogP contribution in [0, 0.1) is 22.7 Å². The summed E-state index contributed by atoms with van der Waals surface area (Å²) >= 11 is 12.2. The molecule has 0 aromatic heterocycles. The lowest BCUT2D eigenvalue weighted by molar-refractivity contribution is 0.313. The Labute approximate surface area is 150 Å². The van der Waals surface area contributed by atoms with Crippen molar-refractivity contribution in [2.24, 2.45) is 0 Å². The van der Waals surface area contributed by atoms with Gasteiger partial charge in [-0.3, -0.25) is 0 Å². The summed E-state index contributed by atoms with van der Waals surface area (Å²) in [6.45, 7) is 1.49. The lowest BCUT2D eigenvalue weighted by Crippen LogP contribution is -2.28. The number of fused-ring (bicyclic) bond motifs is 1. The Morgan fingerprint density at radius 2 is 1.79 bits per heavy atom. The van der Waals surface area contributed by atoms with Gasteiger partial charge in [0.15, 0.2) is 0 Å². The summed E-state index contributed by atoms with van der Waals surface area (Å²) in [5.74, 6) is 0. The van der Waals surface area contributed by atoms with Crippen LogP contribution in [0.3, 0.4) is 0 Å². The van der Waals surface area contributed by atoms with Gasteiger partial charge in [0.05, 0.1) is 26.9 Å². The van der Waals surface area contributed by atoms with Crippen LogP contribution in [0.5, 0.6) is 0 Å². The molecule has 4 nitrogen and oxygen atoms in total. The summed E-state index contributed by atoms with van der Waals surface area (Å²) in [5.41, 5.74) is 10.5. The van der Waals surface area contributed by atoms with Crippen molar-refractivity contribution in [3.8, 4) is 23.3 Å². The van der Waals surface area contributed by atoms with E-state index in [0.717, 1.165) is 35.2 Å². The fourth-order valence-electron chi connectivity index (χ4n) is 3.19. The van der Waals surface area contributed by atoms with E-state index in [1.54, 1.807) is 12.1 Å². The molecule has 2 aromatic carbocycles. The average Bonchev–Trinajstić information content (AvgIpc) is 2.56. The number of benzene rings is 2. The largest absolute Gasteiger partial charge is 0.397 e. The Morgan fingerprint density at radius 1 is 1.08 bits per heavy atom. The second kappa shape index (κ2) is 6.34. The van der Waals surface area contributed by atoms with E-state index in [9.17, 15) is 10.5 Å². The van der Waals surface area contributed by atoms with E-state index in [1.165, 1.54) is 0 Å². The van der Waals surface area contributed by atoms with Crippen molar-refractivity contribution in [2.45, 2.75) is 13.0 Å². The van der Waals surface area contributed by atoms with Crippen LogP contribution in [0.4, 0.5) is 5.69 Å². The van der Waals surface area contributed by atoms with Crippen LogP contribution in [0.25, 0.3) is 11.1 Å². The minimum atomic E-state index is 0.240. The normalized spacial score (nSPS) is 13.9. The maximum absolute atomic E-state index is 9.66. The maximum Gasteiger partial charge on any atom is 0.102 e. The van der Waals surface area contributed by atoms with Crippen molar-refractivity contribution >= 4 is 28.9 Å². The van der Waals surface area contributed by atoms with Gasteiger partial charge in [0.2, 0.25) is 0 Å². The van der Waals surface area contributed by atoms with Gasteiger partial charge in [0.1, 0.15) is 12.1 Å². The molecular formula is C18H14Cl2N4. The first kappa shape index (κ1) is 16.6. The molecule has 0 amide bonds. The van der Waals surface area contributed by atoms with Gasteiger partial charge in [-0.2, -0.15) is 10.5 Å². The third-order valence-electron chi connectivity index (χ3n) is 4.36. The van der Waals surface area contributed by atoms with E-state index in [2.05, 4.69) is 17.0 Å². The number of hydrogen-bond donors (Lipinski definition) is 1. The van der Waals surface area contributed by atoms with Crippen molar-refractivity contribution in [3.63, 3.8) is 0 Å². The Bertz CT molecular complexity index is 922. The van der Waals surface area contributed by atoms with Gasteiger partial charge in [-0.05, 0) is 42.3 Å². The molecule has 0 fully saturated rings. The molecule has 1 heterocycles. The minimum absolute atomic E-state index is 0.240. The summed E-state index contributed by atoms with van der Waals surface area (Å²) in [4.78, 5) is 2.15. The Balaban J connectivity index is 2.40. The van der Waals surface area contributed by atoms with Crippen LogP contribution < -0.4 is 5.73 Å². The Kier molecular flexibility index (Phi) is 4.39. The molecule has 0 bridgehead atoms. The van der Waals surface area contributed by atoms with Gasteiger partial charge >= 0.3 is 0 Å². The van der Waals surface area contributed by atoms with Crippen molar-refractivity contribution < 1.29 is 0 Å². The number of hydrogen-bond acceptors (Lipinski definition) is 4. The molecule has 0 saturated carbocycles. The fourth-order valence-corrected chi connectivity index (χ4v) is 3.49. The molecule has 120 valence electrons. The monoisotopic (exact) mass is 356 g/mol. The molecule has 2 N–H and O–H groups in total. The Hall–Kier alpha value is -2.24. The third-order valence-corrected chi connectivity index (χ3v) is 5.10. The van der Waals surface area contributed by atoms with Crippen LogP contribution >= 0.6 is 23.2 Å². The molecule has 0 aliphatic carbocycles. The zero-order valence-corrected chi connectivity index (χ0v) is 14.5. The minimum Gasteiger partial charge on any atom is -0.397 e. The van der Waals surface area contributed by atoms with Crippen molar-refractivity contribution in [2.75, 3.05) is 19.3 Å². The van der Waals surface area contributed by atoms with Crippen LogP contribution in [-0.4, -0.2) is 18.5 Å². The number of nitrogens with zero attached hydrogens (tertiary/aromatic N) is 3. The predicted octanol–water partition coefficient (Wildman–Crippen LogP) is 3.97. The van der Waals surface area contributed by atoms with E-state index in [1.807, 2.05) is 13.1 Å². The van der Waals surface area contributed by atoms with Gasteiger partial charge in [-0.1, -0.05) is 29.3 Å². The van der Waals surface area contributed by atoms with Crippen molar-refractivity contribution in [3.05, 3.63) is 50.5 Å². The number of nitrogens with two attached hydrogens (primary N) is 1.